The minimum Gasteiger partial charge on any atom is -0.448 e. The molecule has 0 saturated carbocycles. The topological polar surface area (TPSA) is 72.7 Å². The Morgan fingerprint density at radius 3 is 2.34 bits per heavy atom. The molecular weight excluding hydrogens is 447 g/mol. The van der Waals surface area contributed by atoms with Crippen molar-refractivity contribution in [2.45, 2.75) is 37.3 Å². The predicted octanol–water partition coefficient (Wildman–Crippen LogP) is 6.30. The molecule has 1 aliphatic carbocycles. The van der Waals surface area contributed by atoms with Crippen LogP contribution in [0.5, 0.6) is 0 Å². The van der Waals surface area contributed by atoms with Gasteiger partial charge in [-0.3, -0.25) is 15.0 Å². The number of nitrogens with zero attached hydrogens (tertiary/aromatic N) is 2. The first-order chi connectivity index (χ1) is 17.0. The zero-order chi connectivity index (χ0) is 24.1. The summed E-state index contributed by atoms with van der Waals surface area (Å²) in [7, 11) is 0. The highest BCUT2D eigenvalue weighted by atomic mass is 19.1. The second kappa shape index (κ2) is 8.34. The first kappa shape index (κ1) is 21.5. The summed E-state index contributed by atoms with van der Waals surface area (Å²) in [5.41, 5.74) is 5.47. The number of amides is 1. The highest BCUT2D eigenvalue weighted by Crippen LogP contribution is 2.45. The molecular formula is C28H23FN2O4. The summed E-state index contributed by atoms with van der Waals surface area (Å²) in [6, 6.07) is 19.7. The maximum Gasteiger partial charge on any atom is 0.410 e. The van der Waals surface area contributed by atoms with E-state index in [0.717, 1.165) is 30.0 Å². The molecule has 35 heavy (non-hydrogen) atoms. The highest BCUT2D eigenvalue weighted by Gasteiger charge is 2.41. The lowest BCUT2D eigenvalue weighted by atomic mass is 9.94. The number of halogens is 1. The third-order valence-corrected chi connectivity index (χ3v) is 7.45. The van der Waals surface area contributed by atoms with E-state index in [0.29, 0.717) is 12.0 Å². The van der Waals surface area contributed by atoms with Crippen LogP contribution in [-0.4, -0.2) is 34.6 Å². The number of hydrogen-bond acceptors (Lipinski definition) is 4. The third-order valence-electron chi connectivity index (χ3n) is 7.45. The second-order valence-electron chi connectivity index (χ2n) is 9.33. The Bertz CT molecular complexity index is 1340. The minimum atomic E-state index is -0.524. The summed E-state index contributed by atoms with van der Waals surface area (Å²) in [6.07, 6.45) is 3.49. The lowest BCUT2D eigenvalue weighted by Gasteiger charge is -2.33. The number of fused-ring (bicyclic) bond motifs is 5. The van der Waals surface area contributed by atoms with E-state index in [-0.39, 0.29) is 42.0 Å². The Morgan fingerprint density at radius 2 is 1.69 bits per heavy atom. The molecule has 2 bridgehead atoms. The summed E-state index contributed by atoms with van der Waals surface area (Å²) in [5, 5.41) is 11.2. The Balaban J connectivity index is 1.21. The van der Waals surface area contributed by atoms with E-state index in [1.807, 2.05) is 30.3 Å². The molecule has 0 aromatic heterocycles. The molecule has 6 rings (SSSR count). The molecule has 0 radical (unpaired) electrons. The monoisotopic (exact) mass is 470 g/mol. The quantitative estimate of drug-likeness (QED) is 0.331. The average Bonchev–Trinajstić information content (AvgIpc) is 3.33. The third kappa shape index (κ3) is 3.58. The van der Waals surface area contributed by atoms with Crippen molar-refractivity contribution in [2.24, 2.45) is 0 Å². The van der Waals surface area contributed by atoms with Crippen LogP contribution in [0.15, 0.2) is 72.8 Å². The van der Waals surface area contributed by atoms with Gasteiger partial charge in [-0.25, -0.2) is 9.18 Å². The van der Waals surface area contributed by atoms with Gasteiger partial charge in [0.2, 0.25) is 0 Å². The van der Waals surface area contributed by atoms with Crippen LogP contribution in [-0.2, 0) is 4.74 Å². The van der Waals surface area contributed by atoms with E-state index in [1.165, 1.54) is 23.3 Å². The Kier molecular flexibility index (Phi) is 5.13. The lowest BCUT2D eigenvalue weighted by molar-refractivity contribution is -0.384. The van der Waals surface area contributed by atoms with Crippen LogP contribution in [0, 0.1) is 15.9 Å². The number of carbonyl (C=O) groups is 1. The molecule has 1 saturated heterocycles. The molecule has 6 nitrogen and oxygen atoms in total. The van der Waals surface area contributed by atoms with Crippen LogP contribution in [0.1, 0.15) is 41.9 Å². The fraction of sp³-hybridized carbons (Fsp3) is 0.250. The van der Waals surface area contributed by atoms with E-state index in [4.69, 9.17) is 4.74 Å². The lowest BCUT2D eigenvalue weighted by Crippen LogP contribution is -2.43. The van der Waals surface area contributed by atoms with Crippen molar-refractivity contribution in [2.75, 3.05) is 6.61 Å². The largest absolute Gasteiger partial charge is 0.448 e. The summed E-state index contributed by atoms with van der Waals surface area (Å²) in [6.45, 7) is 0.249. The van der Waals surface area contributed by atoms with Crippen LogP contribution >= 0.6 is 0 Å². The van der Waals surface area contributed by atoms with Gasteiger partial charge in [-0.15, -0.1) is 0 Å². The van der Waals surface area contributed by atoms with E-state index >= 15 is 0 Å². The molecule has 2 aliphatic heterocycles. The molecule has 176 valence electrons. The van der Waals surface area contributed by atoms with Crippen LogP contribution in [0.3, 0.4) is 0 Å². The number of hydrogen-bond donors (Lipinski definition) is 0. The fourth-order valence-corrected chi connectivity index (χ4v) is 5.86. The van der Waals surface area contributed by atoms with Gasteiger partial charge in [0, 0.05) is 29.7 Å². The van der Waals surface area contributed by atoms with Gasteiger partial charge in [-0.1, -0.05) is 54.6 Å². The van der Waals surface area contributed by atoms with E-state index < -0.39 is 10.7 Å². The molecule has 0 spiro atoms. The van der Waals surface area contributed by atoms with Gasteiger partial charge in [0.25, 0.3) is 5.69 Å². The number of non-ortho nitro benzene ring substituents is 1. The van der Waals surface area contributed by atoms with Gasteiger partial charge in [-0.2, -0.15) is 0 Å². The Hall–Kier alpha value is -4.00. The fourth-order valence-electron chi connectivity index (χ4n) is 5.86. The van der Waals surface area contributed by atoms with E-state index in [1.54, 1.807) is 4.90 Å². The van der Waals surface area contributed by atoms with Crippen molar-refractivity contribution < 1.29 is 18.8 Å². The SMILES string of the molecule is O=C(OCC1c2ccccc2-c2ccccc21)N1C2C=C(c3cc([N+](=O)[O-])ccc3F)CC1CC2. The van der Waals surface area contributed by atoms with Gasteiger partial charge in [0.15, 0.2) is 0 Å². The molecule has 2 heterocycles. The van der Waals surface area contributed by atoms with Crippen LogP contribution in [0.25, 0.3) is 16.7 Å². The minimum absolute atomic E-state index is 0.0149. The standard InChI is InChI=1S/C28H23FN2O4/c29-27-12-11-20(31(33)34)15-25(27)17-13-18-9-10-19(14-17)30(18)28(32)35-16-26-23-7-3-1-5-21(23)22-6-2-4-8-24(22)26/h1-8,11-13,15,18-19,26H,9-10,14,16H2. The van der Waals surface area contributed by atoms with Crippen molar-refractivity contribution >= 4 is 17.4 Å². The summed E-state index contributed by atoms with van der Waals surface area (Å²) in [4.78, 5) is 25.6. The molecule has 1 fully saturated rings. The zero-order valence-corrected chi connectivity index (χ0v) is 18.9. The van der Waals surface area contributed by atoms with Crippen LogP contribution < -0.4 is 0 Å². The summed E-state index contributed by atoms with van der Waals surface area (Å²) in [5.74, 6) is -0.505. The van der Waals surface area contributed by atoms with Crippen molar-refractivity contribution in [1.29, 1.82) is 0 Å². The Morgan fingerprint density at radius 1 is 1.00 bits per heavy atom. The first-order valence-corrected chi connectivity index (χ1v) is 11.8. The van der Waals surface area contributed by atoms with Crippen molar-refractivity contribution in [3.05, 3.63) is 105 Å². The van der Waals surface area contributed by atoms with Crippen molar-refractivity contribution in [1.82, 2.24) is 4.90 Å². The number of nitro groups is 1. The van der Waals surface area contributed by atoms with Crippen LogP contribution in [0.2, 0.25) is 0 Å². The number of rotatable bonds is 4. The van der Waals surface area contributed by atoms with Gasteiger partial charge in [-0.05, 0) is 53.2 Å². The van der Waals surface area contributed by atoms with Crippen LogP contribution in [0.4, 0.5) is 14.9 Å². The smallest absolute Gasteiger partial charge is 0.410 e. The Labute approximate surface area is 201 Å². The normalized spacial score (nSPS) is 20.3. The molecule has 3 aliphatic rings. The first-order valence-electron chi connectivity index (χ1n) is 11.8. The zero-order valence-electron chi connectivity index (χ0n) is 18.9. The van der Waals surface area contributed by atoms with E-state index in [9.17, 15) is 19.3 Å². The number of nitro benzene ring substituents is 1. The van der Waals surface area contributed by atoms with Gasteiger partial charge < -0.3 is 4.74 Å². The van der Waals surface area contributed by atoms with Gasteiger partial charge in [0.05, 0.1) is 11.0 Å². The maximum absolute atomic E-state index is 14.5. The van der Waals surface area contributed by atoms with Gasteiger partial charge >= 0.3 is 6.09 Å². The molecule has 0 N–H and O–H groups in total. The summed E-state index contributed by atoms with van der Waals surface area (Å²) < 4.78 is 20.4. The molecule has 1 amide bonds. The van der Waals surface area contributed by atoms with E-state index in [2.05, 4.69) is 24.3 Å². The number of ether oxygens (including phenoxy) is 1. The van der Waals surface area contributed by atoms with Crippen molar-refractivity contribution in [3.8, 4) is 11.1 Å². The maximum atomic E-state index is 14.5. The molecule has 7 heteroatoms. The number of benzene rings is 3. The average molecular weight is 471 g/mol. The molecule has 2 unspecified atom stereocenters. The molecule has 3 aromatic rings. The summed E-state index contributed by atoms with van der Waals surface area (Å²) >= 11 is 0. The van der Waals surface area contributed by atoms with Crippen molar-refractivity contribution in [3.63, 3.8) is 0 Å². The molecule has 3 aromatic carbocycles. The predicted molar refractivity (Wildman–Crippen MR) is 129 cm³/mol. The highest BCUT2D eigenvalue weighted by molar-refractivity contribution is 5.79. The number of carbonyl (C=O) groups excluding carboxylic acids is 1. The van der Waals surface area contributed by atoms with Gasteiger partial charge in [0.1, 0.15) is 12.4 Å². The molecule has 2 atom stereocenters. The second-order valence-corrected chi connectivity index (χ2v) is 9.33.